The molecule has 0 saturated heterocycles. The van der Waals surface area contributed by atoms with Gasteiger partial charge in [-0.05, 0) is 49.4 Å². The predicted octanol–water partition coefficient (Wildman–Crippen LogP) is 3.87. The van der Waals surface area contributed by atoms with Gasteiger partial charge in [0.2, 0.25) is 0 Å². The van der Waals surface area contributed by atoms with Crippen molar-refractivity contribution in [3.05, 3.63) is 53.2 Å². The molecule has 1 aliphatic carbocycles. The molecule has 1 aliphatic rings. The number of rotatable bonds is 4. The molecule has 0 amide bonds. The number of benzene rings is 1. The topological polar surface area (TPSA) is 80.4 Å². The molecule has 0 atom stereocenters. The zero-order valence-corrected chi connectivity index (χ0v) is 14.6. The van der Waals surface area contributed by atoms with Gasteiger partial charge >= 0.3 is 6.18 Å². The lowest BCUT2D eigenvalue weighted by Crippen LogP contribution is -2.36. The minimum Gasteiger partial charge on any atom is -0.490 e. The number of hydrogen-bond donors (Lipinski definition) is 3. The molecule has 0 spiro atoms. The molecule has 0 aliphatic heterocycles. The molecule has 3 rings (SSSR count). The molecule has 1 heterocycles. The average molecular weight is 403 g/mol. The summed E-state index contributed by atoms with van der Waals surface area (Å²) in [5.41, 5.74) is -0.383. The Morgan fingerprint density at radius 2 is 1.82 bits per heavy atom. The van der Waals surface area contributed by atoms with Gasteiger partial charge in [0, 0.05) is 6.20 Å². The van der Waals surface area contributed by atoms with Gasteiger partial charge in [-0.2, -0.15) is 13.2 Å². The van der Waals surface area contributed by atoms with Crippen molar-refractivity contribution in [3.8, 4) is 5.75 Å². The maximum Gasteiger partial charge on any atom is 0.423 e. The van der Waals surface area contributed by atoms with Crippen molar-refractivity contribution in [1.82, 2.24) is 4.98 Å². The van der Waals surface area contributed by atoms with Crippen LogP contribution in [0, 0.1) is 11.6 Å². The first-order valence-electron chi connectivity index (χ1n) is 8.51. The van der Waals surface area contributed by atoms with E-state index in [0.717, 1.165) is 24.4 Å². The Kier molecular flexibility index (Phi) is 5.44. The molecule has 2 aromatic rings. The van der Waals surface area contributed by atoms with Crippen molar-refractivity contribution in [3.63, 3.8) is 0 Å². The number of hydrogen-bond acceptors (Lipinski definition) is 5. The fourth-order valence-electron chi connectivity index (χ4n) is 3.37. The monoisotopic (exact) mass is 403 g/mol. The molecule has 0 bridgehead atoms. The first-order valence-corrected chi connectivity index (χ1v) is 8.51. The Morgan fingerprint density at radius 3 is 2.39 bits per heavy atom. The summed E-state index contributed by atoms with van der Waals surface area (Å²) in [7, 11) is 0. The second-order valence-electron chi connectivity index (χ2n) is 6.65. The van der Waals surface area contributed by atoms with Crippen molar-refractivity contribution in [2.75, 3.05) is 5.43 Å². The number of halogens is 5. The van der Waals surface area contributed by atoms with E-state index in [9.17, 15) is 27.1 Å². The molecule has 0 radical (unpaired) electrons. The highest BCUT2D eigenvalue weighted by Gasteiger charge is 2.40. The third-order valence-electron chi connectivity index (χ3n) is 4.84. The van der Waals surface area contributed by atoms with Crippen LogP contribution in [0.15, 0.2) is 30.5 Å². The van der Waals surface area contributed by atoms with Gasteiger partial charge in [-0.15, -0.1) is 0 Å². The van der Waals surface area contributed by atoms with E-state index >= 15 is 0 Å². The molecule has 1 aromatic heterocycles. The molecule has 1 saturated carbocycles. The number of nitrogens with one attached hydrogen (secondary N) is 1. The maximum atomic E-state index is 13.5. The quantitative estimate of drug-likeness (QED) is 0.410. The van der Waals surface area contributed by atoms with Crippen LogP contribution in [0.2, 0.25) is 0 Å². The van der Waals surface area contributed by atoms with Gasteiger partial charge in [0.1, 0.15) is 11.3 Å². The zero-order chi connectivity index (χ0) is 20.5. The highest BCUT2D eigenvalue weighted by molar-refractivity contribution is 5.52. The van der Waals surface area contributed by atoms with E-state index in [-0.39, 0.29) is 31.2 Å². The molecule has 5 nitrogen and oxygen atoms in total. The van der Waals surface area contributed by atoms with E-state index in [0.29, 0.717) is 0 Å². The van der Waals surface area contributed by atoms with Crippen LogP contribution in [0.25, 0.3) is 0 Å². The van der Waals surface area contributed by atoms with Gasteiger partial charge < -0.3 is 15.3 Å². The molecule has 10 heteroatoms. The van der Waals surface area contributed by atoms with Crippen molar-refractivity contribution in [2.24, 2.45) is 5.84 Å². The Hall–Kier alpha value is -2.46. The minimum absolute atomic E-state index is 0.122. The standard InChI is InChI=1S/C18H18F5N3O2/c19-12-2-1-10(9-13(12)20)17(27)6-3-11(4-7-17)28-14-5-8-25-16(26-24)15(14)18(21,22)23/h1-2,5,8-9,11,27H,3-4,6-7,24H2,(H,25,26). The normalized spacial score (nSPS) is 22.8. The first kappa shape index (κ1) is 20.3. The largest absolute Gasteiger partial charge is 0.490 e. The van der Waals surface area contributed by atoms with Crippen LogP contribution in [0.4, 0.5) is 27.8 Å². The summed E-state index contributed by atoms with van der Waals surface area (Å²) in [4.78, 5) is 3.55. The Balaban J connectivity index is 1.75. The van der Waals surface area contributed by atoms with Crippen molar-refractivity contribution < 1.29 is 31.8 Å². The van der Waals surface area contributed by atoms with E-state index in [1.807, 2.05) is 5.43 Å². The lowest BCUT2D eigenvalue weighted by Gasteiger charge is -2.36. The van der Waals surface area contributed by atoms with Crippen molar-refractivity contribution in [1.29, 1.82) is 0 Å². The first-order chi connectivity index (χ1) is 13.1. The van der Waals surface area contributed by atoms with E-state index in [1.54, 1.807) is 0 Å². The molecular weight excluding hydrogens is 385 g/mol. The number of aliphatic hydroxyl groups is 1. The van der Waals surface area contributed by atoms with Crippen LogP contribution in [0.1, 0.15) is 36.8 Å². The summed E-state index contributed by atoms with van der Waals surface area (Å²) < 4.78 is 72.1. The number of pyridine rings is 1. The fourth-order valence-corrected chi connectivity index (χ4v) is 3.37. The van der Waals surface area contributed by atoms with Gasteiger partial charge in [0.15, 0.2) is 17.5 Å². The summed E-state index contributed by atoms with van der Waals surface area (Å²) in [6.45, 7) is 0. The van der Waals surface area contributed by atoms with E-state index in [4.69, 9.17) is 10.6 Å². The Labute approximate surface area is 157 Å². The number of alkyl halides is 3. The Bertz CT molecular complexity index is 852. The third kappa shape index (κ3) is 4.02. The van der Waals surface area contributed by atoms with Crippen LogP contribution >= 0.6 is 0 Å². The van der Waals surface area contributed by atoms with Gasteiger partial charge in [-0.25, -0.2) is 19.6 Å². The van der Waals surface area contributed by atoms with Crippen LogP contribution in [0.3, 0.4) is 0 Å². The summed E-state index contributed by atoms with van der Waals surface area (Å²) in [6, 6.07) is 4.25. The van der Waals surface area contributed by atoms with Crippen molar-refractivity contribution >= 4 is 5.82 Å². The molecule has 4 N–H and O–H groups in total. The molecule has 1 aromatic carbocycles. The smallest absolute Gasteiger partial charge is 0.423 e. The maximum absolute atomic E-state index is 13.5. The number of anilines is 1. The number of nitrogen functional groups attached to an aromatic ring is 1. The number of ether oxygens (including phenoxy) is 1. The SMILES string of the molecule is NNc1nccc(OC2CCC(O)(c3ccc(F)c(F)c3)CC2)c1C(F)(F)F. The van der Waals surface area contributed by atoms with E-state index in [1.165, 1.54) is 6.07 Å². The fraction of sp³-hybridized carbons (Fsp3) is 0.389. The second-order valence-corrected chi connectivity index (χ2v) is 6.65. The summed E-state index contributed by atoms with van der Waals surface area (Å²) in [6.07, 6.45) is -3.50. The average Bonchev–Trinajstić information content (AvgIpc) is 2.64. The van der Waals surface area contributed by atoms with Gasteiger partial charge in [-0.3, -0.25) is 0 Å². The summed E-state index contributed by atoms with van der Waals surface area (Å²) in [5, 5.41) is 10.7. The summed E-state index contributed by atoms with van der Waals surface area (Å²) >= 11 is 0. The van der Waals surface area contributed by atoms with Gasteiger partial charge in [-0.1, -0.05) is 6.07 Å². The number of nitrogens with zero attached hydrogens (tertiary/aromatic N) is 1. The molecule has 152 valence electrons. The lowest BCUT2D eigenvalue weighted by atomic mass is 9.78. The molecular formula is C18H18F5N3O2. The number of aromatic nitrogens is 1. The van der Waals surface area contributed by atoms with E-state index < -0.39 is 46.6 Å². The number of nitrogens with two attached hydrogens (primary N) is 1. The van der Waals surface area contributed by atoms with E-state index in [2.05, 4.69) is 4.98 Å². The Morgan fingerprint density at radius 1 is 1.14 bits per heavy atom. The molecule has 28 heavy (non-hydrogen) atoms. The number of hydrazine groups is 1. The van der Waals surface area contributed by atoms with Crippen LogP contribution < -0.4 is 16.0 Å². The molecule has 0 unspecified atom stereocenters. The minimum atomic E-state index is -4.73. The van der Waals surface area contributed by atoms with Crippen LogP contribution in [-0.2, 0) is 11.8 Å². The highest BCUT2D eigenvalue weighted by atomic mass is 19.4. The van der Waals surface area contributed by atoms with Gasteiger partial charge in [0.05, 0.1) is 11.7 Å². The highest BCUT2D eigenvalue weighted by Crippen LogP contribution is 2.43. The zero-order valence-electron chi connectivity index (χ0n) is 14.6. The molecule has 1 fully saturated rings. The lowest BCUT2D eigenvalue weighted by molar-refractivity contribution is -0.139. The van der Waals surface area contributed by atoms with Crippen molar-refractivity contribution in [2.45, 2.75) is 43.6 Å². The predicted molar refractivity (Wildman–Crippen MR) is 90.2 cm³/mol. The third-order valence-corrected chi connectivity index (χ3v) is 4.84. The van der Waals surface area contributed by atoms with Crippen LogP contribution in [0.5, 0.6) is 5.75 Å². The second kappa shape index (κ2) is 7.51. The van der Waals surface area contributed by atoms with Crippen LogP contribution in [-0.4, -0.2) is 16.2 Å². The summed E-state index contributed by atoms with van der Waals surface area (Å²) in [5.74, 6) is 2.05. The van der Waals surface area contributed by atoms with Gasteiger partial charge in [0.25, 0.3) is 0 Å².